The molecule has 0 aliphatic heterocycles. The molecule has 0 saturated carbocycles. The summed E-state index contributed by atoms with van der Waals surface area (Å²) in [5.74, 6) is -0.111. The summed E-state index contributed by atoms with van der Waals surface area (Å²) >= 11 is 3.16. The number of carbonyl (C=O) groups is 2. The number of thiophene rings is 1. The zero-order valence-electron chi connectivity index (χ0n) is 13.1. The molecule has 0 spiro atoms. The van der Waals surface area contributed by atoms with Crippen molar-refractivity contribution >= 4 is 46.1 Å². The van der Waals surface area contributed by atoms with Crippen molar-refractivity contribution in [3.05, 3.63) is 33.0 Å². The van der Waals surface area contributed by atoms with E-state index in [0.717, 1.165) is 25.0 Å². The van der Waals surface area contributed by atoms with Crippen molar-refractivity contribution in [2.24, 2.45) is 4.99 Å². The van der Waals surface area contributed by atoms with E-state index in [1.54, 1.807) is 11.3 Å². The Morgan fingerprint density at radius 2 is 2.04 bits per heavy atom. The minimum atomic E-state index is -1.11. The van der Waals surface area contributed by atoms with Crippen LogP contribution in [0.5, 0.6) is 0 Å². The van der Waals surface area contributed by atoms with E-state index < -0.39 is 6.09 Å². The van der Waals surface area contributed by atoms with Crippen molar-refractivity contribution < 1.29 is 14.7 Å². The van der Waals surface area contributed by atoms with Crippen LogP contribution in [0, 0.1) is 0 Å². The normalized spacial score (nSPS) is 10.9. The number of anilines is 1. The fourth-order valence-corrected chi connectivity index (χ4v) is 3.71. The van der Waals surface area contributed by atoms with Gasteiger partial charge in [0.25, 0.3) is 0 Å². The third-order valence-electron chi connectivity index (χ3n) is 2.95. The summed E-state index contributed by atoms with van der Waals surface area (Å²) in [6.45, 7) is 2.02. The maximum absolute atomic E-state index is 11.0. The fraction of sp³-hybridized carbons (Fsp3) is 0.333. The molecule has 0 fully saturated rings. The molecule has 128 valence electrons. The Morgan fingerprint density at radius 3 is 2.75 bits per heavy atom. The van der Waals surface area contributed by atoms with Gasteiger partial charge in [-0.1, -0.05) is 0 Å². The van der Waals surface area contributed by atoms with E-state index in [2.05, 4.69) is 32.7 Å². The topological polar surface area (TPSA) is 104 Å². The molecule has 24 heavy (non-hydrogen) atoms. The second-order valence-electron chi connectivity index (χ2n) is 4.93. The van der Waals surface area contributed by atoms with Crippen LogP contribution in [0.3, 0.4) is 0 Å². The van der Waals surface area contributed by atoms with Gasteiger partial charge in [0, 0.05) is 35.0 Å². The number of thiazole rings is 1. The summed E-state index contributed by atoms with van der Waals surface area (Å²) < 4.78 is 0. The number of aromatic nitrogens is 1. The van der Waals surface area contributed by atoms with Crippen LogP contribution in [-0.4, -0.2) is 35.0 Å². The number of carbonyl (C=O) groups excluding carboxylic acids is 1. The van der Waals surface area contributed by atoms with Crippen molar-refractivity contribution in [3.63, 3.8) is 0 Å². The Morgan fingerprint density at radius 1 is 1.29 bits per heavy atom. The van der Waals surface area contributed by atoms with Gasteiger partial charge in [-0.05, 0) is 25.0 Å². The van der Waals surface area contributed by atoms with E-state index in [-0.39, 0.29) is 5.91 Å². The van der Waals surface area contributed by atoms with Crippen LogP contribution in [0.15, 0.2) is 22.5 Å². The number of carboxylic acid groups (broad SMARTS) is 1. The molecular weight excluding hydrogens is 348 g/mol. The zero-order valence-corrected chi connectivity index (χ0v) is 14.7. The Hall–Kier alpha value is -2.26. The Labute approximate surface area is 147 Å². The molecule has 3 N–H and O–H groups in total. The molecule has 0 atom stereocenters. The van der Waals surface area contributed by atoms with E-state index >= 15 is 0 Å². The lowest BCUT2D eigenvalue weighted by molar-refractivity contribution is -0.114. The van der Waals surface area contributed by atoms with Gasteiger partial charge >= 0.3 is 6.09 Å². The first-order valence-corrected chi connectivity index (χ1v) is 9.00. The van der Waals surface area contributed by atoms with Crippen molar-refractivity contribution in [2.45, 2.75) is 26.2 Å². The molecule has 0 saturated heterocycles. The molecule has 0 aliphatic rings. The van der Waals surface area contributed by atoms with Gasteiger partial charge in [-0.3, -0.25) is 15.1 Å². The summed E-state index contributed by atoms with van der Waals surface area (Å²) in [7, 11) is 0. The molecule has 2 aromatic heterocycles. The minimum absolute atomic E-state index is 0.111. The minimum Gasteiger partial charge on any atom is -0.465 e. The number of hydrogen-bond donors (Lipinski definition) is 3. The lowest BCUT2D eigenvalue weighted by Gasteiger charge is -1.96. The van der Waals surface area contributed by atoms with Crippen LogP contribution in [0.1, 0.15) is 22.4 Å². The van der Waals surface area contributed by atoms with Crippen molar-refractivity contribution in [1.82, 2.24) is 10.3 Å². The number of amides is 2. The van der Waals surface area contributed by atoms with Crippen molar-refractivity contribution in [3.8, 4) is 0 Å². The third kappa shape index (κ3) is 6.47. The Balaban J connectivity index is 1.75. The van der Waals surface area contributed by atoms with E-state index in [1.165, 1.54) is 34.4 Å². The highest BCUT2D eigenvalue weighted by atomic mass is 32.1. The Bertz CT molecular complexity index is 724. The molecular formula is C15H18N4O3S2. The average molecular weight is 366 g/mol. The molecule has 2 amide bonds. The monoisotopic (exact) mass is 366 g/mol. The molecule has 0 aromatic carbocycles. The first-order chi connectivity index (χ1) is 11.5. The number of rotatable bonds is 8. The van der Waals surface area contributed by atoms with Gasteiger partial charge in [-0.2, -0.15) is 0 Å². The maximum Gasteiger partial charge on any atom is 0.409 e. The number of aliphatic imine (C=N–C) groups is 1. The van der Waals surface area contributed by atoms with Gasteiger partial charge in [0.15, 0.2) is 5.13 Å². The van der Waals surface area contributed by atoms with E-state index in [4.69, 9.17) is 5.11 Å². The summed E-state index contributed by atoms with van der Waals surface area (Å²) in [5.41, 5.74) is 0.975. The van der Waals surface area contributed by atoms with E-state index in [1.807, 2.05) is 5.38 Å². The molecule has 0 bridgehead atoms. The van der Waals surface area contributed by atoms with E-state index in [9.17, 15) is 9.59 Å². The molecule has 0 aliphatic carbocycles. The first-order valence-electron chi connectivity index (χ1n) is 7.30. The van der Waals surface area contributed by atoms with Crippen LogP contribution in [0.25, 0.3) is 0 Å². The number of nitrogens with zero attached hydrogens (tertiary/aromatic N) is 2. The standard InChI is InChI=1S/C15H18N4O3S2/c1-10(20)18-14-19-11(8-23-14)2-3-12-4-5-13(24-12)6-7-16-9-17-15(21)22/h4-5,8-9H,2-3,6-7H2,1H3,(H,16,17)(H,21,22)(H,18,19,20). The van der Waals surface area contributed by atoms with Crippen molar-refractivity contribution in [2.75, 3.05) is 11.9 Å². The number of aryl methyl sites for hydroxylation is 2. The zero-order chi connectivity index (χ0) is 17.4. The highest BCUT2D eigenvalue weighted by Crippen LogP contribution is 2.21. The highest BCUT2D eigenvalue weighted by Gasteiger charge is 2.05. The van der Waals surface area contributed by atoms with Gasteiger partial charge in [0.2, 0.25) is 5.91 Å². The SMILES string of the molecule is CC(=O)Nc1nc(CCc2ccc(CCN=CNC(=O)O)s2)cs1. The first kappa shape index (κ1) is 18.1. The smallest absolute Gasteiger partial charge is 0.409 e. The summed E-state index contributed by atoms with van der Waals surface area (Å²) in [6.07, 6.45) is 2.60. The lowest BCUT2D eigenvalue weighted by atomic mass is 10.2. The fourth-order valence-electron chi connectivity index (χ4n) is 1.91. The molecule has 2 rings (SSSR count). The summed E-state index contributed by atoms with van der Waals surface area (Å²) in [5, 5.41) is 15.8. The molecule has 2 heterocycles. The van der Waals surface area contributed by atoms with Gasteiger partial charge in [0.1, 0.15) is 0 Å². The van der Waals surface area contributed by atoms with Crippen LogP contribution in [0.2, 0.25) is 0 Å². The van der Waals surface area contributed by atoms with Crippen LogP contribution >= 0.6 is 22.7 Å². The number of hydrogen-bond acceptors (Lipinski definition) is 6. The van der Waals surface area contributed by atoms with Crippen molar-refractivity contribution in [1.29, 1.82) is 0 Å². The van der Waals surface area contributed by atoms with Gasteiger partial charge < -0.3 is 10.4 Å². The maximum atomic E-state index is 11.0. The largest absolute Gasteiger partial charge is 0.465 e. The van der Waals surface area contributed by atoms with Gasteiger partial charge in [-0.25, -0.2) is 9.78 Å². The predicted molar refractivity (Wildman–Crippen MR) is 96.4 cm³/mol. The predicted octanol–water partition coefficient (Wildman–Crippen LogP) is 2.79. The second-order valence-corrected chi connectivity index (χ2v) is 7.04. The quantitative estimate of drug-likeness (QED) is 0.493. The number of nitrogens with one attached hydrogen (secondary N) is 2. The average Bonchev–Trinajstić information content (AvgIpc) is 3.13. The van der Waals surface area contributed by atoms with Crippen LogP contribution in [0.4, 0.5) is 9.93 Å². The summed E-state index contributed by atoms with van der Waals surface area (Å²) in [4.78, 5) is 32.1. The molecule has 9 heteroatoms. The highest BCUT2D eigenvalue weighted by molar-refractivity contribution is 7.14. The Kier molecular flexibility index (Phi) is 6.89. The van der Waals surface area contributed by atoms with Crippen LogP contribution in [-0.2, 0) is 24.1 Å². The lowest BCUT2D eigenvalue weighted by Crippen LogP contribution is -2.18. The summed E-state index contributed by atoms with van der Waals surface area (Å²) in [6, 6.07) is 4.17. The third-order valence-corrected chi connectivity index (χ3v) is 4.96. The van der Waals surface area contributed by atoms with Crippen LogP contribution < -0.4 is 10.6 Å². The van der Waals surface area contributed by atoms with Gasteiger partial charge in [0.05, 0.1) is 12.0 Å². The van der Waals surface area contributed by atoms with Gasteiger partial charge in [-0.15, -0.1) is 22.7 Å². The molecule has 0 radical (unpaired) electrons. The second kappa shape index (κ2) is 9.14. The molecule has 2 aromatic rings. The van der Waals surface area contributed by atoms with E-state index in [0.29, 0.717) is 11.7 Å². The molecule has 7 nitrogen and oxygen atoms in total. The molecule has 0 unspecified atom stereocenters.